The van der Waals surface area contributed by atoms with Crippen LogP contribution in [0.1, 0.15) is 28.8 Å². The Morgan fingerprint density at radius 2 is 1.71 bits per heavy atom. The molecule has 0 aliphatic carbocycles. The van der Waals surface area contributed by atoms with E-state index < -0.39 is 16.0 Å². The number of nitrogens with zero attached hydrogens (tertiary/aromatic N) is 1. The Kier molecular flexibility index (Phi) is 5.31. The summed E-state index contributed by atoms with van der Waals surface area (Å²) in [6.07, 6.45) is 1.75. The van der Waals surface area contributed by atoms with Gasteiger partial charge in [-0.05, 0) is 49.2 Å². The molecule has 1 fully saturated rings. The fourth-order valence-electron chi connectivity index (χ4n) is 3.14. The highest BCUT2D eigenvalue weighted by Crippen LogP contribution is 2.37. The molecule has 2 heterocycles. The van der Waals surface area contributed by atoms with E-state index >= 15 is 0 Å². The van der Waals surface area contributed by atoms with Gasteiger partial charge in [0.1, 0.15) is 6.61 Å². The highest BCUT2D eigenvalue weighted by Gasteiger charge is 2.27. The van der Waals surface area contributed by atoms with Crippen LogP contribution < -0.4 is 9.47 Å². The minimum atomic E-state index is -3.50. The van der Waals surface area contributed by atoms with E-state index in [0.29, 0.717) is 24.6 Å². The molecule has 2 aromatic rings. The Bertz CT molecular complexity index is 1000. The maximum Gasteiger partial charge on any atom is 0.338 e. The van der Waals surface area contributed by atoms with E-state index in [9.17, 15) is 13.2 Å². The van der Waals surface area contributed by atoms with E-state index in [4.69, 9.17) is 14.2 Å². The number of hydrogen-bond donors (Lipinski definition) is 0. The van der Waals surface area contributed by atoms with E-state index in [1.807, 2.05) is 0 Å². The third-order valence-corrected chi connectivity index (χ3v) is 7.34. The Hall–Kier alpha value is -2.10. The van der Waals surface area contributed by atoms with Crippen molar-refractivity contribution >= 4 is 31.9 Å². The lowest BCUT2D eigenvalue weighted by molar-refractivity contribution is 0.0471. The van der Waals surface area contributed by atoms with Crippen molar-refractivity contribution in [1.82, 2.24) is 4.31 Å². The second-order valence-corrected chi connectivity index (χ2v) is 9.30. The minimum Gasteiger partial charge on any atom is -0.457 e. The van der Waals surface area contributed by atoms with Gasteiger partial charge < -0.3 is 14.2 Å². The Labute approximate surface area is 171 Å². The molecular formula is C19H18BrNO6S. The second kappa shape index (κ2) is 7.73. The summed E-state index contributed by atoms with van der Waals surface area (Å²) in [5.41, 5.74) is 1.03. The highest BCUT2D eigenvalue weighted by atomic mass is 79.9. The number of benzene rings is 2. The van der Waals surface area contributed by atoms with Crippen LogP contribution in [0.3, 0.4) is 0 Å². The summed E-state index contributed by atoms with van der Waals surface area (Å²) in [5, 5.41) is 0. The first kappa shape index (κ1) is 19.2. The van der Waals surface area contributed by atoms with Crippen molar-refractivity contribution in [2.75, 3.05) is 19.9 Å². The summed E-state index contributed by atoms with van der Waals surface area (Å²) in [7, 11) is -3.50. The summed E-state index contributed by atoms with van der Waals surface area (Å²) >= 11 is 3.42. The fourth-order valence-corrected chi connectivity index (χ4v) is 5.09. The molecule has 9 heteroatoms. The molecule has 4 rings (SSSR count). The molecule has 0 spiro atoms. The van der Waals surface area contributed by atoms with Crippen LogP contribution in [0.15, 0.2) is 45.8 Å². The van der Waals surface area contributed by atoms with Gasteiger partial charge in [0.05, 0.1) is 10.5 Å². The molecule has 0 radical (unpaired) electrons. The number of halogens is 1. The second-order valence-electron chi connectivity index (χ2n) is 6.51. The number of carbonyl (C=O) groups excluding carboxylic acids is 1. The molecule has 0 unspecified atom stereocenters. The molecule has 0 bridgehead atoms. The summed E-state index contributed by atoms with van der Waals surface area (Å²) in [5.74, 6) is 0.706. The predicted octanol–water partition coefficient (Wildman–Crippen LogP) is 3.32. The Morgan fingerprint density at radius 1 is 1.07 bits per heavy atom. The third kappa shape index (κ3) is 3.74. The van der Waals surface area contributed by atoms with E-state index in [1.54, 1.807) is 12.1 Å². The molecule has 1 saturated heterocycles. The van der Waals surface area contributed by atoms with E-state index in [1.165, 1.54) is 28.6 Å². The molecule has 0 amide bonds. The van der Waals surface area contributed by atoms with Crippen molar-refractivity contribution < 1.29 is 27.4 Å². The molecule has 0 atom stereocenters. The lowest BCUT2D eigenvalue weighted by Gasteiger charge is -2.15. The molecular weight excluding hydrogens is 450 g/mol. The van der Waals surface area contributed by atoms with Gasteiger partial charge in [-0.15, -0.1) is 0 Å². The minimum absolute atomic E-state index is 0.0455. The van der Waals surface area contributed by atoms with E-state index in [-0.39, 0.29) is 23.9 Å². The van der Waals surface area contributed by atoms with Crippen LogP contribution in [0.25, 0.3) is 0 Å². The number of sulfonamides is 1. The van der Waals surface area contributed by atoms with Gasteiger partial charge in [-0.1, -0.05) is 15.9 Å². The first-order valence-electron chi connectivity index (χ1n) is 8.80. The first-order chi connectivity index (χ1) is 13.4. The predicted molar refractivity (Wildman–Crippen MR) is 104 cm³/mol. The van der Waals surface area contributed by atoms with Gasteiger partial charge in [0.25, 0.3) is 0 Å². The lowest BCUT2D eigenvalue weighted by atomic mass is 10.2. The third-order valence-electron chi connectivity index (χ3n) is 4.69. The molecule has 2 aromatic carbocycles. The highest BCUT2D eigenvalue weighted by molar-refractivity contribution is 9.10. The molecule has 28 heavy (non-hydrogen) atoms. The quantitative estimate of drug-likeness (QED) is 0.627. The summed E-state index contributed by atoms with van der Waals surface area (Å²) in [6, 6.07) is 9.36. The molecule has 0 N–H and O–H groups in total. The molecule has 0 saturated carbocycles. The van der Waals surface area contributed by atoms with Gasteiger partial charge in [0.15, 0.2) is 11.5 Å². The van der Waals surface area contributed by atoms with Crippen molar-refractivity contribution in [3.63, 3.8) is 0 Å². The van der Waals surface area contributed by atoms with Crippen molar-refractivity contribution in [3.8, 4) is 11.5 Å². The van der Waals surface area contributed by atoms with Crippen LogP contribution in [0, 0.1) is 0 Å². The number of esters is 1. The number of ether oxygens (including phenoxy) is 3. The van der Waals surface area contributed by atoms with Gasteiger partial charge in [-0.25, -0.2) is 13.2 Å². The first-order valence-corrected chi connectivity index (χ1v) is 11.0. The SMILES string of the molecule is O=C(OCc1cc2c(cc1Br)OCO2)c1ccc(S(=O)(=O)N2CCCC2)cc1. The van der Waals surface area contributed by atoms with Gasteiger partial charge in [-0.2, -0.15) is 4.31 Å². The smallest absolute Gasteiger partial charge is 0.338 e. The fraction of sp³-hybridized carbons (Fsp3) is 0.316. The number of carbonyl (C=O) groups is 1. The van der Waals surface area contributed by atoms with Crippen molar-refractivity contribution in [1.29, 1.82) is 0 Å². The summed E-state index contributed by atoms with van der Waals surface area (Å²) < 4.78 is 43.3. The molecule has 7 nitrogen and oxygen atoms in total. The maximum atomic E-state index is 12.5. The Morgan fingerprint density at radius 3 is 2.39 bits per heavy atom. The standard InChI is InChI=1S/C19H18BrNO6S/c20-16-10-18-17(26-12-27-18)9-14(16)11-25-19(22)13-3-5-15(6-4-13)28(23,24)21-7-1-2-8-21/h3-6,9-10H,1-2,7-8,11-12H2. The monoisotopic (exact) mass is 467 g/mol. The topological polar surface area (TPSA) is 82.1 Å². The van der Waals surface area contributed by atoms with Gasteiger partial charge >= 0.3 is 5.97 Å². The van der Waals surface area contributed by atoms with Crippen LogP contribution in [-0.2, 0) is 21.4 Å². The molecule has 2 aliphatic heterocycles. The summed E-state index contributed by atoms with van der Waals surface area (Å²) in [6.45, 7) is 1.29. The van der Waals surface area contributed by atoms with Gasteiger partial charge in [0.2, 0.25) is 16.8 Å². The van der Waals surface area contributed by atoms with Gasteiger partial charge in [0, 0.05) is 23.1 Å². The molecule has 0 aromatic heterocycles. The van der Waals surface area contributed by atoms with Crippen LogP contribution in [0.2, 0.25) is 0 Å². The Balaban J connectivity index is 1.43. The van der Waals surface area contributed by atoms with E-state index in [0.717, 1.165) is 22.9 Å². The zero-order chi connectivity index (χ0) is 19.7. The average molecular weight is 468 g/mol. The van der Waals surface area contributed by atoms with E-state index in [2.05, 4.69) is 15.9 Å². The van der Waals surface area contributed by atoms with Crippen LogP contribution >= 0.6 is 15.9 Å². The van der Waals surface area contributed by atoms with Crippen LogP contribution in [0.5, 0.6) is 11.5 Å². The normalized spacial score (nSPS) is 16.3. The summed E-state index contributed by atoms with van der Waals surface area (Å²) in [4.78, 5) is 12.5. The largest absolute Gasteiger partial charge is 0.457 e. The number of fused-ring (bicyclic) bond motifs is 1. The van der Waals surface area contributed by atoms with Crippen molar-refractivity contribution in [3.05, 3.63) is 52.0 Å². The lowest BCUT2D eigenvalue weighted by Crippen LogP contribution is -2.27. The zero-order valence-corrected chi connectivity index (χ0v) is 17.3. The average Bonchev–Trinajstić information content (AvgIpc) is 3.38. The van der Waals surface area contributed by atoms with Crippen molar-refractivity contribution in [2.45, 2.75) is 24.3 Å². The number of hydrogen-bond acceptors (Lipinski definition) is 6. The molecule has 2 aliphatic rings. The zero-order valence-electron chi connectivity index (χ0n) is 14.9. The van der Waals surface area contributed by atoms with Crippen LogP contribution in [-0.4, -0.2) is 38.6 Å². The van der Waals surface area contributed by atoms with Crippen molar-refractivity contribution in [2.24, 2.45) is 0 Å². The number of rotatable bonds is 5. The van der Waals surface area contributed by atoms with Gasteiger partial charge in [-0.3, -0.25) is 0 Å². The maximum absolute atomic E-state index is 12.5. The van der Waals surface area contributed by atoms with Crippen LogP contribution in [0.4, 0.5) is 0 Å². The molecule has 148 valence electrons.